The van der Waals surface area contributed by atoms with E-state index in [1.165, 1.54) is 15.4 Å². The van der Waals surface area contributed by atoms with Crippen molar-refractivity contribution in [3.63, 3.8) is 0 Å². The van der Waals surface area contributed by atoms with Crippen LogP contribution >= 0.6 is 0 Å². The largest absolute Gasteiger partial charge is 0.349 e. The summed E-state index contributed by atoms with van der Waals surface area (Å²) in [5.74, 6) is 0.715. The summed E-state index contributed by atoms with van der Waals surface area (Å²) in [4.78, 5) is 17.5. The zero-order valence-electron chi connectivity index (χ0n) is 19.8. The zero-order valence-corrected chi connectivity index (χ0v) is 20.6. The fraction of sp³-hybridized carbons (Fsp3) is 0.423. The first-order chi connectivity index (χ1) is 17.0. The van der Waals surface area contributed by atoms with Gasteiger partial charge in [0, 0.05) is 31.0 Å². The first-order valence-corrected chi connectivity index (χ1v) is 13.7. The van der Waals surface area contributed by atoms with Crippen molar-refractivity contribution in [1.82, 2.24) is 19.8 Å². The number of aromatic nitrogens is 2. The predicted molar refractivity (Wildman–Crippen MR) is 131 cm³/mol. The van der Waals surface area contributed by atoms with Crippen LogP contribution in [0.3, 0.4) is 0 Å². The molecule has 0 saturated carbocycles. The average Bonchev–Trinajstić information content (AvgIpc) is 3.39. The highest BCUT2D eigenvalue weighted by molar-refractivity contribution is 7.89. The Balaban J connectivity index is 1.23. The molecule has 2 aliphatic rings. The van der Waals surface area contributed by atoms with Crippen molar-refractivity contribution in [3.8, 4) is 11.4 Å². The third-order valence-electron chi connectivity index (χ3n) is 7.01. The minimum absolute atomic E-state index is 0.0228. The molecule has 1 aliphatic heterocycles. The van der Waals surface area contributed by atoms with Crippen LogP contribution < -0.4 is 5.32 Å². The highest BCUT2D eigenvalue weighted by atomic mass is 32.2. The summed E-state index contributed by atoms with van der Waals surface area (Å²) in [6, 6.07) is 14.9. The van der Waals surface area contributed by atoms with Gasteiger partial charge in [-0.05, 0) is 55.4 Å². The molecule has 1 aromatic heterocycles. The van der Waals surface area contributed by atoms with Gasteiger partial charge in [0.25, 0.3) is 0 Å². The number of nitrogens with one attached hydrogen (secondary N) is 1. The molecule has 35 heavy (non-hydrogen) atoms. The van der Waals surface area contributed by atoms with E-state index >= 15 is 0 Å². The molecule has 0 bridgehead atoms. The monoisotopic (exact) mass is 494 g/mol. The Morgan fingerprint density at radius 2 is 1.91 bits per heavy atom. The van der Waals surface area contributed by atoms with Crippen LogP contribution in [-0.2, 0) is 27.7 Å². The van der Waals surface area contributed by atoms with E-state index in [4.69, 9.17) is 4.52 Å². The highest BCUT2D eigenvalue weighted by Crippen LogP contribution is 2.31. The molecule has 1 aliphatic carbocycles. The van der Waals surface area contributed by atoms with Crippen molar-refractivity contribution in [2.24, 2.45) is 5.92 Å². The molecule has 184 valence electrons. The van der Waals surface area contributed by atoms with E-state index in [1.54, 1.807) is 24.3 Å². The van der Waals surface area contributed by atoms with Crippen LogP contribution in [0.2, 0.25) is 0 Å². The van der Waals surface area contributed by atoms with Gasteiger partial charge in [-0.2, -0.15) is 9.29 Å². The first kappa shape index (κ1) is 23.7. The molecule has 0 spiro atoms. The van der Waals surface area contributed by atoms with Gasteiger partial charge in [0.15, 0.2) is 0 Å². The molecule has 0 radical (unpaired) electrons. The van der Waals surface area contributed by atoms with Gasteiger partial charge in [0.1, 0.15) is 0 Å². The third-order valence-corrected chi connectivity index (χ3v) is 8.91. The Morgan fingerprint density at radius 3 is 2.69 bits per heavy atom. The Hall–Kier alpha value is -3.04. The van der Waals surface area contributed by atoms with E-state index in [0.717, 1.165) is 19.3 Å². The Morgan fingerprint density at radius 1 is 1.11 bits per heavy atom. The van der Waals surface area contributed by atoms with Crippen LogP contribution in [0.25, 0.3) is 11.4 Å². The van der Waals surface area contributed by atoms with Crippen LogP contribution in [0.1, 0.15) is 55.7 Å². The maximum absolute atomic E-state index is 13.3. The number of hydrogen-bond acceptors (Lipinski definition) is 6. The lowest BCUT2D eigenvalue weighted by atomic mass is 9.87. The van der Waals surface area contributed by atoms with Gasteiger partial charge >= 0.3 is 0 Å². The van der Waals surface area contributed by atoms with Gasteiger partial charge in [-0.15, -0.1) is 0 Å². The van der Waals surface area contributed by atoms with E-state index in [0.29, 0.717) is 49.6 Å². The number of amides is 1. The van der Waals surface area contributed by atoms with Crippen LogP contribution in [0, 0.1) is 5.92 Å². The number of piperidine rings is 1. The fourth-order valence-corrected chi connectivity index (χ4v) is 6.53. The summed E-state index contributed by atoms with van der Waals surface area (Å²) < 4.78 is 33.3. The molecular formula is C26H30N4O4S. The molecule has 0 unspecified atom stereocenters. The SMILES string of the molecule is CCc1nc(-c2cccc(S(=O)(=O)N3CCC(C(=O)N[C@@H]4CCCc5ccccc54)CC3)c2)no1. The molecule has 1 fully saturated rings. The maximum atomic E-state index is 13.3. The summed E-state index contributed by atoms with van der Waals surface area (Å²) in [7, 11) is -3.69. The van der Waals surface area contributed by atoms with Crippen molar-refractivity contribution in [2.75, 3.05) is 13.1 Å². The summed E-state index contributed by atoms with van der Waals surface area (Å²) in [5, 5.41) is 7.18. The molecule has 3 aromatic rings. The molecule has 1 atom stereocenters. The summed E-state index contributed by atoms with van der Waals surface area (Å²) in [6.07, 6.45) is 4.66. The number of aryl methyl sites for hydroxylation is 2. The Labute approximate surface area is 205 Å². The molecule has 9 heteroatoms. The fourth-order valence-electron chi connectivity index (χ4n) is 5.01. The van der Waals surface area contributed by atoms with Gasteiger partial charge < -0.3 is 9.84 Å². The molecule has 1 N–H and O–H groups in total. The average molecular weight is 495 g/mol. The molecular weight excluding hydrogens is 464 g/mol. The number of benzene rings is 2. The van der Waals surface area contributed by atoms with Gasteiger partial charge in [-0.3, -0.25) is 4.79 Å². The number of carbonyl (C=O) groups excluding carboxylic acids is 1. The van der Waals surface area contributed by atoms with Crippen molar-refractivity contribution in [2.45, 2.75) is 56.4 Å². The second-order valence-corrected chi connectivity index (χ2v) is 11.2. The van der Waals surface area contributed by atoms with E-state index < -0.39 is 10.0 Å². The van der Waals surface area contributed by atoms with Crippen LogP contribution in [0.15, 0.2) is 57.9 Å². The predicted octanol–water partition coefficient (Wildman–Crippen LogP) is 3.89. The maximum Gasteiger partial charge on any atom is 0.243 e. The van der Waals surface area contributed by atoms with Crippen molar-refractivity contribution in [3.05, 3.63) is 65.5 Å². The van der Waals surface area contributed by atoms with Gasteiger partial charge in [-0.25, -0.2) is 8.42 Å². The van der Waals surface area contributed by atoms with Crippen molar-refractivity contribution >= 4 is 15.9 Å². The summed E-state index contributed by atoms with van der Waals surface area (Å²) in [5.41, 5.74) is 3.11. The quantitative estimate of drug-likeness (QED) is 0.557. The topological polar surface area (TPSA) is 105 Å². The lowest BCUT2D eigenvalue weighted by Gasteiger charge is -2.32. The number of sulfonamides is 1. The van der Waals surface area contributed by atoms with Crippen LogP contribution in [0.4, 0.5) is 0 Å². The van der Waals surface area contributed by atoms with Gasteiger partial charge in [0.05, 0.1) is 10.9 Å². The van der Waals surface area contributed by atoms with E-state index in [2.05, 4.69) is 27.6 Å². The normalized spacial score (nSPS) is 19.3. The second-order valence-electron chi connectivity index (χ2n) is 9.22. The number of nitrogens with zero attached hydrogens (tertiary/aromatic N) is 3. The minimum atomic E-state index is -3.69. The van der Waals surface area contributed by atoms with E-state index in [9.17, 15) is 13.2 Å². The summed E-state index contributed by atoms with van der Waals surface area (Å²) in [6.45, 7) is 2.54. The van der Waals surface area contributed by atoms with Crippen molar-refractivity contribution < 1.29 is 17.7 Å². The van der Waals surface area contributed by atoms with E-state index in [-0.39, 0.29) is 22.8 Å². The number of fused-ring (bicyclic) bond motifs is 1. The van der Waals surface area contributed by atoms with Crippen LogP contribution in [-0.4, -0.2) is 41.9 Å². The lowest BCUT2D eigenvalue weighted by Crippen LogP contribution is -2.44. The summed E-state index contributed by atoms with van der Waals surface area (Å²) >= 11 is 0. The molecule has 8 nitrogen and oxygen atoms in total. The zero-order chi connectivity index (χ0) is 24.4. The molecule has 2 heterocycles. The number of carbonyl (C=O) groups is 1. The first-order valence-electron chi connectivity index (χ1n) is 12.3. The van der Waals surface area contributed by atoms with Gasteiger partial charge in [0.2, 0.25) is 27.6 Å². The standard InChI is InChI=1S/C26H30N4O4S/c1-2-24-28-25(29-34-24)20-9-5-10-21(17-20)35(32,33)30-15-13-19(14-16-30)26(31)27-23-12-6-8-18-7-3-4-11-22(18)23/h3-5,7,9-11,17,19,23H,2,6,8,12-16H2,1H3,(H,27,31)/t23-/m1/s1. The molecule has 1 amide bonds. The van der Waals surface area contributed by atoms with Crippen LogP contribution in [0.5, 0.6) is 0 Å². The van der Waals surface area contributed by atoms with E-state index in [1.807, 2.05) is 19.1 Å². The highest BCUT2D eigenvalue weighted by Gasteiger charge is 2.33. The molecule has 1 saturated heterocycles. The smallest absolute Gasteiger partial charge is 0.243 e. The second kappa shape index (κ2) is 9.91. The van der Waals surface area contributed by atoms with Crippen molar-refractivity contribution in [1.29, 1.82) is 0 Å². The Kier molecular flexibility index (Phi) is 6.71. The minimum Gasteiger partial charge on any atom is -0.349 e. The Bertz CT molecular complexity index is 1310. The van der Waals surface area contributed by atoms with Gasteiger partial charge in [-0.1, -0.05) is 48.5 Å². The molecule has 2 aromatic carbocycles. The lowest BCUT2D eigenvalue weighted by molar-refractivity contribution is -0.127. The molecule has 5 rings (SSSR count). The third kappa shape index (κ3) is 4.88. The number of rotatable bonds is 6. The number of hydrogen-bond donors (Lipinski definition) is 1.